The molecule has 1 aromatic rings. The molecule has 1 aliphatic rings. The molecular weight excluding hydrogens is 459 g/mol. The molecule has 0 saturated carbocycles. The van der Waals surface area contributed by atoms with Crippen LogP contribution in [-0.2, 0) is 16.0 Å². The van der Waals surface area contributed by atoms with Crippen LogP contribution in [0.15, 0.2) is 15.6 Å². The SMILES string of the molecule is CCNC(=NCc1cc(C(CC)CC)no1)NC(C)COC1CCOC1.I. The van der Waals surface area contributed by atoms with Crippen LogP contribution in [0.1, 0.15) is 64.3 Å². The van der Waals surface area contributed by atoms with Crippen LogP contribution in [0.2, 0.25) is 0 Å². The molecule has 0 radical (unpaired) electrons. The minimum atomic E-state index is 0. The van der Waals surface area contributed by atoms with Crippen LogP contribution in [-0.4, -0.2) is 49.6 Å². The highest BCUT2D eigenvalue weighted by Gasteiger charge is 2.17. The zero-order valence-corrected chi connectivity index (χ0v) is 19.3. The van der Waals surface area contributed by atoms with Crippen LogP contribution in [0.3, 0.4) is 0 Å². The van der Waals surface area contributed by atoms with Gasteiger partial charge < -0.3 is 24.6 Å². The van der Waals surface area contributed by atoms with Crippen LogP contribution in [0.5, 0.6) is 0 Å². The van der Waals surface area contributed by atoms with E-state index in [1.807, 2.05) is 13.0 Å². The molecule has 0 amide bonds. The van der Waals surface area contributed by atoms with Crippen molar-refractivity contribution in [1.82, 2.24) is 15.8 Å². The molecule has 2 N–H and O–H groups in total. The van der Waals surface area contributed by atoms with E-state index in [-0.39, 0.29) is 36.1 Å². The highest BCUT2D eigenvalue weighted by molar-refractivity contribution is 14.0. The van der Waals surface area contributed by atoms with E-state index in [4.69, 9.17) is 14.0 Å². The minimum Gasteiger partial charge on any atom is -0.379 e. The maximum Gasteiger partial charge on any atom is 0.191 e. The average Bonchev–Trinajstić information content (AvgIpc) is 3.31. The van der Waals surface area contributed by atoms with E-state index in [0.29, 0.717) is 25.7 Å². The molecule has 2 rings (SSSR count). The number of ether oxygens (including phenoxy) is 2. The van der Waals surface area contributed by atoms with E-state index >= 15 is 0 Å². The third-order valence-electron chi connectivity index (χ3n) is 4.57. The van der Waals surface area contributed by atoms with E-state index in [1.54, 1.807) is 0 Å². The van der Waals surface area contributed by atoms with Crippen molar-refractivity contribution in [2.24, 2.45) is 4.99 Å². The molecule has 0 aromatic carbocycles. The number of hydrogen-bond donors (Lipinski definition) is 2. The number of guanidine groups is 1. The van der Waals surface area contributed by atoms with Gasteiger partial charge >= 0.3 is 0 Å². The maximum absolute atomic E-state index is 5.86. The van der Waals surface area contributed by atoms with Gasteiger partial charge in [0.15, 0.2) is 11.7 Å². The highest BCUT2D eigenvalue weighted by atomic mass is 127. The molecule has 1 fully saturated rings. The van der Waals surface area contributed by atoms with Crippen LogP contribution < -0.4 is 10.6 Å². The van der Waals surface area contributed by atoms with Gasteiger partial charge in [-0.3, -0.25) is 0 Å². The van der Waals surface area contributed by atoms with Crippen molar-refractivity contribution in [2.75, 3.05) is 26.4 Å². The quantitative estimate of drug-likeness (QED) is 0.295. The molecule has 0 spiro atoms. The number of nitrogens with zero attached hydrogens (tertiary/aromatic N) is 2. The lowest BCUT2D eigenvalue weighted by Crippen LogP contribution is -2.44. The Morgan fingerprint density at radius 2 is 2.15 bits per heavy atom. The fourth-order valence-electron chi connectivity index (χ4n) is 2.98. The first-order valence-corrected chi connectivity index (χ1v) is 9.85. The Morgan fingerprint density at radius 1 is 1.37 bits per heavy atom. The average molecular weight is 494 g/mol. The summed E-state index contributed by atoms with van der Waals surface area (Å²) in [6.07, 6.45) is 3.33. The topological polar surface area (TPSA) is 80.9 Å². The summed E-state index contributed by atoms with van der Waals surface area (Å²) in [6.45, 7) is 11.9. The highest BCUT2D eigenvalue weighted by Crippen LogP contribution is 2.22. The van der Waals surface area contributed by atoms with Gasteiger partial charge in [0.25, 0.3) is 0 Å². The van der Waals surface area contributed by atoms with Gasteiger partial charge in [-0.25, -0.2) is 4.99 Å². The zero-order chi connectivity index (χ0) is 18.8. The monoisotopic (exact) mass is 494 g/mol. The van der Waals surface area contributed by atoms with Crippen molar-refractivity contribution in [3.8, 4) is 0 Å². The number of hydrogen-bond acceptors (Lipinski definition) is 5. The second-order valence-electron chi connectivity index (χ2n) is 6.79. The molecule has 1 aromatic heterocycles. The van der Waals surface area contributed by atoms with Gasteiger partial charge in [-0.2, -0.15) is 0 Å². The van der Waals surface area contributed by atoms with E-state index in [0.717, 1.165) is 49.8 Å². The first-order chi connectivity index (χ1) is 12.7. The Kier molecular flexibility index (Phi) is 11.9. The van der Waals surface area contributed by atoms with Crippen LogP contribution in [0.4, 0.5) is 0 Å². The van der Waals surface area contributed by atoms with Gasteiger partial charge in [-0.1, -0.05) is 19.0 Å². The molecular formula is C19H35IN4O3. The van der Waals surface area contributed by atoms with E-state index < -0.39 is 0 Å². The van der Waals surface area contributed by atoms with Crippen LogP contribution >= 0.6 is 24.0 Å². The Labute approximate surface area is 180 Å². The van der Waals surface area contributed by atoms with Gasteiger partial charge in [0, 0.05) is 31.2 Å². The lowest BCUT2D eigenvalue weighted by molar-refractivity contribution is 0.0347. The Hall–Kier alpha value is -0.870. The molecule has 1 saturated heterocycles. The van der Waals surface area contributed by atoms with Crippen molar-refractivity contribution in [2.45, 2.75) is 71.6 Å². The van der Waals surface area contributed by atoms with Gasteiger partial charge in [-0.15, -0.1) is 24.0 Å². The standard InChI is InChI=1S/C19H34N4O3.HI/c1-5-15(6-2)18-10-17(26-23-18)11-21-19(20-7-3)22-14(4)12-25-16-8-9-24-13-16;/h10,14-16H,5-9,11-13H2,1-4H3,(H2,20,21,22);1H. The number of nitrogens with one attached hydrogen (secondary N) is 2. The minimum absolute atomic E-state index is 0. The van der Waals surface area contributed by atoms with Gasteiger partial charge in [0.05, 0.1) is 25.0 Å². The molecule has 0 aliphatic carbocycles. The van der Waals surface area contributed by atoms with Crippen molar-refractivity contribution >= 4 is 29.9 Å². The third-order valence-corrected chi connectivity index (χ3v) is 4.57. The lowest BCUT2D eigenvalue weighted by Gasteiger charge is -2.19. The van der Waals surface area contributed by atoms with Crippen LogP contribution in [0.25, 0.3) is 0 Å². The first kappa shape index (κ1) is 24.2. The van der Waals surface area contributed by atoms with Crippen molar-refractivity contribution < 1.29 is 14.0 Å². The molecule has 2 heterocycles. The van der Waals surface area contributed by atoms with E-state index in [2.05, 4.69) is 41.6 Å². The van der Waals surface area contributed by atoms with Crippen molar-refractivity contribution in [1.29, 1.82) is 0 Å². The van der Waals surface area contributed by atoms with Gasteiger partial charge in [0.2, 0.25) is 0 Å². The maximum atomic E-state index is 5.86. The van der Waals surface area contributed by atoms with Crippen molar-refractivity contribution in [3.63, 3.8) is 0 Å². The van der Waals surface area contributed by atoms with E-state index in [9.17, 15) is 0 Å². The van der Waals surface area contributed by atoms with Crippen LogP contribution in [0, 0.1) is 0 Å². The number of halogens is 1. The third kappa shape index (κ3) is 8.35. The molecule has 2 unspecified atom stereocenters. The summed E-state index contributed by atoms with van der Waals surface area (Å²) in [6, 6.07) is 2.18. The molecule has 2 atom stereocenters. The fourth-order valence-corrected chi connectivity index (χ4v) is 2.98. The molecule has 1 aliphatic heterocycles. The fraction of sp³-hybridized carbons (Fsp3) is 0.789. The predicted molar refractivity (Wildman–Crippen MR) is 118 cm³/mol. The molecule has 8 heteroatoms. The summed E-state index contributed by atoms with van der Waals surface area (Å²) in [4.78, 5) is 4.61. The molecule has 156 valence electrons. The molecule has 0 bridgehead atoms. The number of aliphatic imine (C=N–C) groups is 1. The van der Waals surface area contributed by atoms with E-state index in [1.165, 1.54) is 0 Å². The summed E-state index contributed by atoms with van der Waals surface area (Å²) < 4.78 is 16.6. The second kappa shape index (κ2) is 13.3. The smallest absolute Gasteiger partial charge is 0.191 e. The number of rotatable bonds is 10. The Balaban J connectivity index is 0.00000364. The van der Waals surface area contributed by atoms with Gasteiger partial charge in [0.1, 0.15) is 6.54 Å². The Bertz CT molecular complexity index is 543. The van der Waals surface area contributed by atoms with Gasteiger partial charge in [-0.05, 0) is 33.1 Å². The molecule has 27 heavy (non-hydrogen) atoms. The summed E-state index contributed by atoms with van der Waals surface area (Å²) in [5, 5.41) is 10.8. The summed E-state index contributed by atoms with van der Waals surface area (Å²) >= 11 is 0. The zero-order valence-electron chi connectivity index (χ0n) is 17.0. The first-order valence-electron chi connectivity index (χ1n) is 9.85. The molecule has 7 nitrogen and oxygen atoms in total. The normalized spacial score (nSPS) is 18.4. The van der Waals surface area contributed by atoms with Crippen molar-refractivity contribution in [3.05, 3.63) is 17.5 Å². The summed E-state index contributed by atoms with van der Waals surface area (Å²) in [5.74, 6) is 2.00. The lowest BCUT2D eigenvalue weighted by atomic mass is 9.99. The largest absolute Gasteiger partial charge is 0.379 e. The predicted octanol–water partition coefficient (Wildman–Crippen LogP) is 3.45. The Morgan fingerprint density at radius 3 is 2.78 bits per heavy atom. The summed E-state index contributed by atoms with van der Waals surface area (Å²) in [5.41, 5.74) is 1.03. The number of aromatic nitrogens is 1. The summed E-state index contributed by atoms with van der Waals surface area (Å²) in [7, 11) is 0. The second-order valence-corrected chi connectivity index (χ2v) is 6.79.